The standard InChI is InChI=1S/C11H16N2O3S/c1-4-11(14)12-9-7-5-6-8-10(9)13(2)17(3,15)16/h5-8H,4H2,1-3H3,(H,12,14). The summed E-state index contributed by atoms with van der Waals surface area (Å²) in [7, 11) is -1.89. The second kappa shape index (κ2) is 5.18. The zero-order valence-electron chi connectivity index (χ0n) is 10.1. The number of benzene rings is 1. The number of amides is 1. The third kappa shape index (κ3) is 3.45. The lowest BCUT2D eigenvalue weighted by Gasteiger charge is -2.20. The fourth-order valence-corrected chi connectivity index (χ4v) is 1.79. The van der Waals surface area contributed by atoms with E-state index in [-0.39, 0.29) is 5.91 Å². The van der Waals surface area contributed by atoms with Gasteiger partial charge in [0.25, 0.3) is 0 Å². The molecule has 0 saturated heterocycles. The number of carbonyl (C=O) groups is 1. The second-order valence-electron chi connectivity index (χ2n) is 3.65. The third-order valence-electron chi connectivity index (χ3n) is 2.34. The Morgan fingerprint density at radius 1 is 1.35 bits per heavy atom. The van der Waals surface area contributed by atoms with Gasteiger partial charge >= 0.3 is 0 Å². The molecule has 0 aromatic heterocycles. The van der Waals surface area contributed by atoms with E-state index in [0.717, 1.165) is 10.6 Å². The lowest BCUT2D eigenvalue weighted by molar-refractivity contribution is -0.115. The van der Waals surface area contributed by atoms with E-state index in [4.69, 9.17) is 0 Å². The first-order chi connectivity index (χ1) is 7.86. The summed E-state index contributed by atoms with van der Waals surface area (Å²) in [5.74, 6) is -0.153. The van der Waals surface area contributed by atoms with Crippen LogP contribution < -0.4 is 9.62 Å². The quantitative estimate of drug-likeness (QED) is 0.886. The van der Waals surface area contributed by atoms with Gasteiger partial charge in [0.2, 0.25) is 15.9 Å². The van der Waals surface area contributed by atoms with E-state index in [1.54, 1.807) is 31.2 Å². The van der Waals surface area contributed by atoms with E-state index in [2.05, 4.69) is 5.32 Å². The Labute approximate surface area is 101 Å². The largest absolute Gasteiger partial charge is 0.324 e. The maximum absolute atomic E-state index is 11.5. The van der Waals surface area contributed by atoms with E-state index in [0.29, 0.717) is 17.8 Å². The molecule has 1 amide bonds. The summed E-state index contributed by atoms with van der Waals surface area (Å²) < 4.78 is 24.0. The molecule has 0 bridgehead atoms. The van der Waals surface area contributed by atoms with E-state index in [1.807, 2.05) is 0 Å². The highest BCUT2D eigenvalue weighted by Crippen LogP contribution is 2.26. The van der Waals surface area contributed by atoms with Crippen molar-refractivity contribution >= 4 is 27.3 Å². The molecule has 0 spiro atoms. The number of anilines is 2. The number of nitrogens with one attached hydrogen (secondary N) is 1. The highest BCUT2D eigenvalue weighted by Gasteiger charge is 2.15. The molecule has 1 N–H and O–H groups in total. The molecule has 5 nitrogen and oxygen atoms in total. The Balaban J connectivity index is 3.12. The molecule has 6 heteroatoms. The second-order valence-corrected chi connectivity index (χ2v) is 5.66. The predicted molar refractivity (Wildman–Crippen MR) is 68.6 cm³/mol. The van der Waals surface area contributed by atoms with Gasteiger partial charge in [-0.05, 0) is 12.1 Å². The zero-order valence-corrected chi connectivity index (χ0v) is 10.9. The van der Waals surface area contributed by atoms with Crippen molar-refractivity contribution in [3.05, 3.63) is 24.3 Å². The van der Waals surface area contributed by atoms with Gasteiger partial charge in [-0.1, -0.05) is 19.1 Å². The van der Waals surface area contributed by atoms with Crippen LogP contribution in [0.5, 0.6) is 0 Å². The van der Waals surface area contributed by atoms with Crippen molar-refractivity contribution in [2.24, 2.45) is 0 Å². The Morgan fingerprint density at radius 2 is 1.94 bits per heavy atom. The molecule has 1 aromatic rings. The van der Waals surface area contributed by atoms with Crippen molar-refractivity contribution in [3.8, 4) is 0 Å². The number of nitrogens with zero attached hydrogens (tertiary/aromatic N) is 1. The molecule has 17 heavy (non-hydrogen) atoms. The van der Waals surface area contributed by atoms with Gasteiger partial charge in [-0.2, -0.15) is 0 Å². The van der Waals surface area contributed by atoms with E-state index in [1.165, 1.54) is 7.05 Å². The van der Waals surface area contributed by atoms with Crippen molar-refractivity contribution < 1.29 is 13.2 Å². The van der Waals surface area contributed by atoms with Crippen LogP contribution in [0.1, 0.15) is 13.3 Å². The molecular formula is C11H16N2O3S. The van der Waals surface area contributed by atoms with Crippen LogP contribution in [0.25, 0.3) is 0 Å². The summed E-state index contributed by atoms with van der Waals surface area (Å²) >= 11 is 0. The minimum atomic E-state index is -3.34. The first kappa shape index (κ1) is 13.5. The maximum Gasteiger partial charge on any atom is 0.232 e. The molecule has 0 radical (unpaired) electrons. The van der Waals surface area contributed by atoms with Crippen molar-refractivity contribution in [2.75, 3.05) is 22.9 Å². The predicted octanol–water partition coefficient (Wildman–Crippen LogP) is 1.43. The molecule has 0 aliphatic carbocycles. The smallest absolute Gasteiger partial charge is 0.232 e. The zero-order chi connectivity index (χ0) is 13.1. The monoisotopic (exact) mass is 256 g/mol. The molecule has 1 rings (SSSR count). The number of hydrogen-bond donors (Lipinski definition) is 1. The van der Waals surface area contributed by atoms with Gasteiger partial charge < -0.3 is 5.32 Å². The Bertz CT molecular complexity index is 511. The molecule has 0 atom stereocenters. The molecule has 94 valence electrons. The van der Waals surface area contributed by atoms with Crippen molar-refractivity contribution in [3.63, 3.8) is 0 Å². The van der Waals surface area contributed by atoms with Gasteiger partial charge in [0.05, 0.1) is 17.6 Å². The molecular weight excluding hydrogens is 240 g/mol. The van der Waals surface area contributed by atoms with E-state index in [9.17, 15) is 13.2 Å². The average Bonchev–Trinajstić information content (AvgIpc) is 2.27. The van der Waals surface area contributed by atoms with Gasteiger partial charge in [0.1, 0.15) is 0 Å². The minimum Gasteiger partial charge on any atom is -0.324 e. The summed E-state index contributed by atoms with van der Waals surface area (Å²) in [6, 6.07) is 6.78. The van der Waals surface area contributed by atoms with Gasteiger partial charge in [0, 0.05) is 13.5 Å². The summed E-state index contributed by atoms with van der Waals surface area (Å²) in [4.78, 5) is 11.3. The van der Waals surface area contributed by atoms with Crippen molar-refractivity contribution in [1.82, 2.24) is 0 Å². The summed E-state index contributed by atoms with van der Waals surface area (Å²) in [6.45, 7) is 1.73. The minimum absolute atomic E-state index is 0.153. The van der Waals surface area contributed by atoms with Crippen LogP contribution in [0.4, 0.5) is 11.4 Å². The van der Waals surface area contributed by atoms with Crippen LogP contribution in [-0.4, -0.2) is 27.6 Å². The van der Waals surface area contributed by atoms with Crippen molar-refractivity contribution in [1.29, 1.82) is 0 Å². The van der Waals surface area contributed by atoms with Crippen LogP contribution in [0.3, 0.4) is 0 Å². The maximum atomic E-state index is 11.5. The van der Waals surface area contributed by atoms with Crippen LogP contribution in [0, 0.1) is 0 Å². The molecule has 0 aliphatic heterocycles. The molecule has 0 fully saturated rings. The molecule has 0 saturated carbocycles. The summed E-state index contributed by atoms with van der Waals surface area (Å²) in [5.41, 5.74) is 0.948. The molecule has 1 aromatic carbocycles. The third-order valence-corrected chi connectivity index (χ3v) is 3.53. The highest BCUT2D eigenvalue weighted by atomic mass is 32.2. The van der Waals surface area contributed by atoms with Crippen LogP contribution >= 0.6 is 0 Å². The summed E-state index contributed by atoms with van der Waals surface area (Å²) in [5, 5.41) is 2.67. The molecule has 0 aliphatic rings. The SMILES string of the molecule is CCC(=O)Nc1ccccc1N(C)S(C)(=O)=O. The Morgan fingerprint density at radius 3 is 2.47 bits per heavy atom. The number of para-hydroxylation sites is 2. The average molecular weight is 256 g/mol. The van der Waals surface area contributed by atoms with Crippen molar-refractivity contribution in [2.45, 2.75) is 13.3 Å². The van der Waals surface area contributed by atoms with E-state index >= 15 is 0 Å². The first-order valence-corrected chi connectivity index (χ1v) is 7.04. The number of rotatable bonds is 4. The lowest BCUT2D eigenvalue weighted by atomic mass is 10.2. The first-order valence-electron chi connectivity index (χ1n) is 5.19. The van der Waals surface area contributed by atoms with Gasteiger partial charge in [-0.25, -0.2) is 8.42 Å². The highest BCUT2D eigenvalue weighted by molar-refractivity contribution is 7.92. The van der Waals surface area contributed by atoms with Crippen LogP contribution in [0.2, 0.25) is 0 Å². The van der Waals surface area contributed by atoms with E-state index < -0.39 is 10.0 Å². The number of sulfonamides is 1. The fraction of sp³-hybridized carbons (Fsp3) is 0.364. The van der Waals surface area contributed by atoms with Gasteiger partial charge in [0.15, 0.2) is 0 Å². The van der Waals surface area contributed by atoms with Gasteiger partial charge in [-0.15, -0.1) is 0 Å². The molecule has 0 unspecified atom stereocenters. The Hall–Kier alpha value is -1.56. The fourth-order valence-electron chi connectivity index (χ4n) is 1.27. The van der Waals surface area contributed by atoms with Crippen LogP contribution in [0.15, 0.2) is 24.3 Å². The van der Waals surface area contributed by atoms with Crippen LogP contribution in [-0.2, 0) is 14.8 Å². The molecule has 0 heterocycles. The number of hydrogen-bond acceptors (Lipinski definition) is 3. The summed E-state index contributed by atoms with van der Waals surface area (Å²) in [6.07, 6.45) is 1.46. The topological polar surface area (TPSA) is 66.5 Å². The number of carbonyl (C=O) groups excluding carboxylic acids is 1. The van der Waals surface area contributed by atoms with Gasteiger partial charge in [-0.3, -0.25) is 9.10 Å². The normalized spacial score (nSPS) is 11.0. The Kier molecular flexibility index (Phi) is 4.11. The lowest BCUT2D eigenvalue weighted by Crippen LogP contribution is -2.26.